The maximum Gasteiger partial charge on any atom is 0.350 e. The summed E-state index contributed by atoms with van der Waals surface area (Å²) >= 11 is 0. The molecule has 0 bridgehead atoms. The van der Waals surface area contributed by atoms with E-state index >= 15 is 0 Å². The molecule has 20 heavy (non-hydrogen) atoms. The van der Waals surface area contributed by atoms with Gasteiger partial charge < -0.3 is 4.57 Å². The molecule has 0 aromatic carbocycles. The summed E-state index contributed by atoms with van der Waals surface area (Å²) in [7, 11) is 0. The molecule has 0 aliphatic carbocycles. The van der Waals surface area contributed by atoms with Crippen LogP contribution in [0, 0.1) is 0 Å². The highest BCUT2D eigenvalue weighted by Gasteiger charge is 2.20. The number of aromatic nitrogens is 6. The molecule has 7 nitrogen and oxygen atoms in total. The van der Waals surface area contributed by atoms with Crippen molar-refractivity contribution in [3.8, 4) is 11.5 Å². The Kier molecular flexibility index (Phi) is 3.17. The van der Waals surface area contributed by atoms with Crippen molar-refractivity contribution in [3.05, 3.63) is 23.1 Å². The Morgan fingerprint density at radius 2 is 1.90 bits per heavy atom. The van der Waals surface area contributed by atoms with Crippen LogP contribution in [0.3, 0.4) is 0 Å². The van der Waals surface area contributed by atoms with Crippen LogP contribution in [0.2, 0.25) is 0 Å². The minimum absolute atomic E-state index is 0.271. The Hall–Kier alpha value is -2.31. The molecule has 0 saturated carbocycles. The molecule has 1 aromatic rings. The highest BCUT2D eigenvalue weighted by molar-refractivity contribution is 5.84. The lowest BCUT2D eigenvalue weighted by atomic mass is 10.3. The van der Waals surface area contributed by atoms with E-state index < -0.39 is 0 Å². The van der Waals surface area contributed by atoms with E-state index in [2.05, 4.69) is 26.9 Å². The fourth-order valence-corrected chi connectivity index (χ4v) is 2.36. The molecule has 0 unspecified atom stereocenters. The van der Waals surface area contributed by atoms with Gasteiger partial charge >= 0.3 is 5.69 Å². The van der Waals surface area contributed by atoms with Gasteiger partial charge in [0.05, 0.1) is 6.33 Å². The van der Waals surface area contributed by atoms with E-state index in [4.69, 9.17) is 0 Å². The normalized spacial score (nSPS) is 11.5. The fourth-order valence-electron chi connectivity index (χ4n) is 2.36. The average Bonchev–Trinajstić information content (AvgIpc) is 2.89. The van der Waals surface area contributed by atoms with E-state index in [1.807, 2.05) is 11.5 Å². The van der Waals surface area contributed by atoms with E-state index in [1.54, 1.807) is 10.9 Å². The first-order valence-electron chi connectivity index (χ1n) is 6.82. The predicted molar refractivity (Wildman–Crippen MR) is 74.6 cm³/mol. The summed E-state index contributed by atoms with van der Waals surface area (Å²) in [4.78, 5) is 29.0. The summed E-state index contributed by atoms with van der Waals surface area (Å²) in [6.45, 7) is 5.53. The number of aryl methyl sites for hydroxylation is 1. The van der Waals surface area contributed by atoms with Crippen LogP contribution in [-0.4, -0.2) is 29.1 Å². The zero-order valence-electron chi connectivity index (χ0n) is 11.6. The highest BCUT2D eigenvalue weighted by Crippen LogP contribution is 2.22. The second-order valence-electron chi connectivity index (χ2n) is 4.70. The van der Waals surface area contributed by atoms with Crippen LogP contribution in [0.15, 0.2) is 17.4 Å². The first kappa shape index (κ1) is 12.7. The van der Waals surface area contributed by atoms with Crippen molar-refractivity contribution in [1.29, 1.82) is 0 Å². The lowest BCUT2D eigenvalue weighted by Gasteiger charge is -1.99. The number of hydrogen-bond donors (Lipinski definition) is 0. The van der Waals surface area contributed by atoms with Gasteiger partial charge in [0.2, 0.25) is 0 Å². The lowest BCUT2D eigenvalue weighted by Crippen LogP contribution is -2.16. The summed E-state index contributed by atoms with van der Waals surface area (Å²) in [5.41, 5.74) is 1.62. The van der Waals surface area contributed by atoms with Crippen molar-refractivity contribution < 1.29 is 0 Å². The van der Waals surface area contributed by atoms with Crippen molar-refractivity contribution in [2.75, 3.05) is 0 Å². The zero-order valence-corrected chi connectivity index (χ0v) is 11.6. The summed E-state index contributed by atoms with van der Waals surface area (Å²) in [5, 5.41) is 0. The smallest absolute Gasteiger partial charge is 0.315 e. The van der Waals surface area contributed by atoms with Crippen LogP contribution < -0.4 is 5.69 Å². The summed E-state index contributed by atoms with van der Waals surface area (Å²) < 4.78 is 3.54. The van der Waals surface area contributed by atoms with Crippen LogP contribution in [-0.2, 0) is 13.1 Å². The Balaban J connectivity index is 2.29. The number of fused-ring (bicyclic) bond motifs is 3. The minimum Gasteiger partial charge on any atom is -0.315 e. The second-order valence-corrected chi connectivity index (χ2v) is 4.70. The molecule has 3 heterocycles. The quantitative estimate of drug-likeness (QED) is 0.715. The maximum atomic E-state index is 12.0. The fraction of sp³-hybridized carbons (Fsp3) is 0.462. The van der Waals surface area contributed by atoms with E-state index in [9.17, 15) is 4.79 Å². The Morgan fingerprint density at radius 1 is 1.10 bits per heavy atom. The number of rotatable bonds is 4. The molecule has 0 amide bonds. The molecule has 7 heteroatoms. The highest BCUT2D eigenvalue weighted by atomic mass is 16.1. The molecule has 0 fully saturated rings. The Bertz CT molecular complexity index is 774. The molecule has 0 atom stereocenters. The van der Waals surface area contributed by atoms with Crippen LogP contribution >= 0.6 is 0 Å². The van der Waals surface area contributed by atoms with Gasteiger partial charge in [-0.15, -0.1) is 0 Å². The van der Waals surface area contributed by atoms with Gasteiger partial charge in [-0.1, -0.05) is 13.8 Å². The monoisotopic (exact) mass is 272 g/mol. The number of nitrogens with zero attached hydrogens (tertiary/aromatic N) is 6. The van der Waals surface area contributed by atoms with Gasteiger partial charge in [-0.2, -0.15) is 4.98 Å². The van der Waals surface area contributed by atoms with E-state index in [1.165, 1.54) is 6.33 Å². The number of imidazole rings is 2. The van der Waals surface area contributed by atoms with Crippen molar-refractivity contribution in [1.82, 2.24) is 29.1 Å². The van der Waals surface area contributed by atoms with Gasteiger partial charge in [0.25, 0.3) is 0 Å². The third kappa shape index (κ3) is 1.86. The molecular formula is C13H16N6O. The van der Waals surface area contributed by atoms with Gasteiger partial charge in [-0.05, 0) is 12.8 Å². The number of hydrogen-bond acceptors (Lipinski definition) is 5. The van der Waals surface area contributed by atoms with Crippen LogP contribution in [0.4, 0.5) is 0 Å². The zero-order chi connectivity index (χ0) is 14.1. The van der Waals surface area contributed by atoms with Gasteiger partial charge in [-0.3, -0.25) is 4.57 Å². The average molecular weight is 272 g/mol. The van der Waals surface area contributed by atoms with Crippen molar-refractivity contribution >= 4 is 11.2 Å². The topological polar surface area (TPSA) is 78.5 Å². The predicted octanol–water partition coefficient (Wildman–Crippen LogP) is 1.31. The van der Waals surface area contributed by atoms with Crippen molar-refractivity contribution in [3.63, 3.8) is 0 Å². The minimum atomic E-state index is -0.271. The Morgan fingerprint density at radius 3 is 2.65 bits per heavy atom. The summed E-state index contributed by atoms with van der Waals surface area (Å²) in [6.07, 6.45) is 5.05. The first-order valence-corrected chi connectivity index (χ1v) is 6.82. The molecule has 1 aromatic heterocycles. The van der Waals surface area contributed by atoms with E-state index in [0.29, 0.717) is 23.6 Å². The van der Waals surface area contributed by atoms with Gasteiger partial charge in [0.15, 0.2) is 11.5 Å². The molecule has 3 rings (SSSR count). The molecule has 0 radical (unpaired) electrons. The molecular weight excluding hydrogens is 256 g/mol. The lowest BCUT2D eigenvalue weighted by molar-refractivity contribution is 0.655. The summed E-state index contributed by atoms with van der Waals surface area (Å²) in [6, 6.07) is 0. The van der Waals surface area contributed by atoms with E-state index in [0.717, 1.165) is 25.0 Å². The van der Waals surface area contributed by atoms with Crippen LogP contribution in [0.5, 0.6) is 0 Å². The molecule has 0 N–H and O–H groups in total. The Labute approximate surface area is 115 Å². The van der Waals surface area contributed by atoms with Crippen LogP contribution in [0.1, 0.15) is 26.7 Å². The molecule has 104 valence electrons. The van der Waals surface area contributed by atoms with Crippen molar-refractivity contribution in [2.45, 2.75) is 39.8 Å². The summed E-state index contributed by atoms with van der Waals surface area (Å²) in [5.74, 6) is 0.557. The molecule has 0 saturated heterocycles. The van der Waals surface area contributed by atoms with Crippen LogP contribution in [0.25, 0.3) is 22.7 Å². The van der Waals surface area contributed by atoms with E-state index in [-0.39, 0.29) is 5.69 Å². The molecule has 0 spiro atoms. The maximum absolute atomic E-state index is 12.0. The molecule has 2 aliphatic rings. The largest absolute Gasteiger partial charge is 0.350 e. The van der Waals surface area contributed by atoms with Crippen molar-refractivity contribution in [2.24, 2.45) is 0 Å². The molecule has 2 aliphatic heterocycles. The third-order valence-corrected chi connectivity index (χ3v) is 3.21. The standard InChI is InChI=1S/C13H16N6O/c1-3-5-18-8-16-9-10-12(15-7-14-11(9)18)19(6-4-2)13(20)17-10/h7-8H,3-6H2,1-2H3. The third-order valence-electron chi connectivity index (χ3n) is 3.21. The van der Waals surface area contributed by atoms with Gasteiger partial charge in [0, 0.05) is 13.1 Å². The van der Waals surface area contributed by atoms with Gasteiger partial charge in [0.1, 0.15) is 17.5 Å². The van der Waals surface area contributed by atoms with Gasteiger partial charge in [-0.25, -0.2) is 19.7 Å². The second kappa shape index (κ2) is 4.99. The SMILES string of the molecule is CCCn1c2ncnc3c(ncn3CCC)c-2nc1=O. The first-order chi connectivity index (χ1) is 9.76.